The van der Waals surface area contributed by atoms with Crippen molar-refractivity contribution in [2.75, 3.05) is 32.8 Å². The van der Waals surface area contributed by atoms with E-state index in [0.717, 1.165) is 68.6 Å². The Morgan fingerprint density at radius 1 is 1.16 bits per heavy atom. The van der Waals surface area contributed by atoms with Gasteiger partial charge in [-0.25, -0.2) is 0 Å². The number of alkyl halides is 3. The second-order valence-corrected chi connectivity index (χ2v) is 9.01. The number of benzene rings is 1. The highest BCUT2D eigenvalue weighted by Gasteiger charge is 2.32. The number of hydrogen-bond acceptors (Lipinski definition) is 4. The molecule has 0 bridgehead atoms. The van der Waals surface area contributed by atoms with Crippen molar-refractivity contribution in [3.8, 4) is 0 Å². The molecule has 1 saturated heterocycles. The van der Waals surface area contributed by atoms with E-state index in [2.05, 4.69) is 16.3 Å². The Bertz CT molecular complexity index is 931. The van der Waals surface area contributed by atoms with Crippen molar-refractivity contribution in [1.82, 2.24) is 10.2 Å². The van der Waals surface area contributed by atoms with Gasteiger partial charge < -0.3 is 10.4 Å². The maximum Gasteiger partial charge on any atom is 0.416 e. The molecule has 1 aliphatic carbocycles. The topological polar surface area (TPSA) is 47.9 Å². The molecule has 4 rings (SSSR count). The number of nitrogens with zero attached hydrogens (tertiary/aromatic N) is 2. The van der Waals surface area contributed by atoms with Gasteiger partial charge in [-0.15, -0.1) is 0 Å². The van der Waals surface area contributed by atoms with E-state index < -0.39 is 11.7 Å². The first-order valence-electron chi connectivity index (χ1n) is 11.6. The average Bonchev–Trinajstić information content (AvgIpc) is 2.93. The fraction of sp³-hybridized carbons (Fsp3) is 0.560. The largest absolute Gasteiger partial charge is 0.416 e. The van der Waals surface area contributed by atoms with E-state index in [-0.39, 0.29) is 6.61 Å². The average molecular weight is 448 g/mol. The summed E-state index contributed by atoms with van der Waals surface area (Å²) in [4.78, 5) is 7.13. The summed E-state index contributed by atoms with van der Waals surface area (Å²) >= 11 is 0. The van der Waals surface area contributed by atoms with Crippen molar-refractivity contribution in [2.24, 2.45) is 4.99 Å². The fourth-order valence-corrected chi connectivity index (χ4v) is 5.15. The van der Waals surface area contributed by atoms with E-state index >= 15 is 0 Å². The zero-order valence-electron chi connectivity index (χ0n) is 18.6. The number of piperidine rings is 1. The van der Waals surface area contributed by atoms with Gasteiger partial charge in [0, 0.05) is 30.4 Å². The van der Waals surface area contributed by atoms with Gasteiger partial charge in [0.1, 0.15) is 0 Å². The Balaban J connectivity index is 1.61. The summed E-state index contributed by atoms with van der Waals surface area (Å²) in [6.45, 7) is 5.06. The summed E-state index contributed by atoms with van der Waals surface area (Å²) in [6, 6.07) is 4.31. The van der Waals surface area contributed by atoms with E-state index in [1.165, 1.54) is 23.3 Å². The van der Waals surface area contributed by atoms with Crippen molar-refractivity contribution in [3.63, 3.8) is 0 Å². The molecule has 4 nitrogen and oxygen atoms in total. The molecule has 0 saturated carbocycles. The zero-order valence-corrected chi connectivity index (χ0v) is 18.6. The monoisotopic (exact) mass is 447 g/mol. The Morgan fingerprint density at radius 3 is 2.66 bits per heavy atom. The van der Waals surface area contributed by atoms with E-state index in [4.69, 9.17) is 4.99 Å². The number of halogens is 3. The van der Waals surface area contributed by atoms with E-state index in [9.17, 15) is 18.3 Å². The summed E-state index contributed by atoms with van der Waals surface area (Å²) in [5.74, 6) is 0. The Hall–Kier alpha value is -2.12. The molecule has 32 heavy (non-hydrogen) atoms. The number of aliphatic hydroxyl groups is 1. The minimum atomic E-state index is -4.34. The molecule has 2 N–H and O–H groups in total. The first-order valence-corrected chi connectivity index (χ1v) is 11.6. The number of rotatable bonds is 5. The van der Waals surface area contributed by atoms with Crippen LogP contribution in [-0.2, 0) is 6.18 Å². The van der Waals surface area contributed by atoms with Gasteiger partial charge in [-0.05, 0) is 86.9 Å². The van der Waals surface area contributed by atoms with Crippen LogP contribution in [0, 0.1) is 6.92 Å². The Kier molecular flexibility index (Phi) is 7.05. The van der Waals surface area contributed by atoms with Gasteiger partial charge in [0.05, 0.1) is 24.4 Å². The fourth-order valence-electron chi connectivity index (χ4n) is 5.15. The molecule has 2 aliphatic heterocycles. The number of likely N-dealkylation sites (tertiary alicyclic amines) is 1. The number of β-amino-alcohol motifs (C(OH)–C–C–N with tert-alkyl or cyclic N) is 1. The highest BCUT2D eigenvalue weighted by molar-refractivity contribution is 6.14. The second-order valence-electron chi connectivity index (χ2n) is 9.01. The zero-order chi connectivity index (χ0) is 22.7. The third-order valence-electron chi connectivity index (χ3n) is 6.71. The van der Waals surface area contributed by atoms with Gasteiger partial charge in [0.15, 0.2) is 0 Å². The Labute approximate surface area is 187 Å². The van der Waals surface area contributed by atoms with Crippen molar-refractivity contribution in [1.29, 1.82) is 0 Å². The lowest BCUT2D eigenvalue weighted by molar-refractivity contribution is -0.137. The van der Waals surface area contributed by atoms with Crippen LogP contribution in [-0.4, -0.2) is 54.5 Å². The lowest BCUT2D eigenvalue weighted by atomic mass is 9.84. The van der Waals surface area contributed by atoms with Crippen molar-refractivity contribution >= 4 is 5.71 Å². The van der Waals surface area contributed by atoms with Crippen LogP contribution >= 0.6 is 0 Å². The molecule has 0 radical (unpaired) electrons. The number of nitrogens with one attached hydrogen (secondary N) is 1. The maximum atomic E-state index is 13.2. The number of allylic oxidation sites excluding steroid dienone is 2. The molecular weight excluding hydrogens is 415 g/mol. The van der Waals surface area contributed by atoms with Gasteiger partial charge in [-0.1, -0.05) is 6.07 Å². The lowest BCUT2D eigenvalue weighted by Crippen LogP contribution is -2.46. The molecule has 0 amide bonds. The minimum absolute atomic E-state index is 0.175. The summed E-state index contributed by atoms with van der Waals surface area (Å²) in [5.41, 5.74) is 5.23. The summed E-state index contributed by atoms with van der Waals surface area (Å²) in [6.07, 6.45) is 4.02. The predicted octanol–water partition coefficient (Wildman–Crippen LogP) is 4.62. The normalized spacial score (nSPS) is 22.7. The SMILES string of the molecule is Cc1cc(C(F)(F)F)ccc1C1=NCC=C(NC2CCCN(CCO)C2)C2=C1CCCC2. The first-order chi connectivity index (χ1) is 15.4. The highest BCUT2D eigenvalue weighted by Crippen LogP contribution is 2.36. The molecule has 3 aliphatic rings. The summed E-state index contributed by atoms with van der Waals surface area (Å²) in [5, 5.41) is 13.0. The van der Waals surface area contributed by atoms with Crippen molar-refractivity contribution in [3.05, 3.63) is 57.8 Å². The number of aliphatic imine (C=N–C) groups is 1. The number of aryl methyl sites for hydroxylation is 1. The molecule has 2 heterocycles. The van der Waals surface area contributed by atoms with Crippen molar-refractivity contribution < 1.29 is 18.3 Å². The molecule has 1 fully saturated rings. The molecule has 174 valence electrons. The molecule has 7 heteroatoms. The van der Waals surface area contributed by atoms with Gasteiger partial charge in [-0.2, -0.15) is 13.2 Å². The van der Waals surface area contributed by atoms with Crippen LogP contribution in [0.15, 0.2) is 46.1 Å². The van der Waals surface area contributed by atoms with Crippen LogP contribution in [0.1, 0.15) is 55.2 Å². The van der Waals surface area contributed by atoms with E-state index in [1.54, 1.807) is 13.0 Å². The van der Waals surface area contributed by atoms with Crippen LogP contribution in [0.3, 0.4) is 0 Å². The van der Waals surface area contributed by atoms with Crippen molar-refractivity contribution in [2.45, 2.75) is 57.7 Å². The van der Waals surface area contributed by atoms with Crippen LogP contribution in [0.4, 0.5) is 13.2 Å². The Morgan fingerprint density at radius 2 is 1.94 bits per heavy atom. The summed E-state index contributed by atoms with van der Waals surface area (Å²) < 4.78 is 39.5. The van der Waals surface area contributed by atoms with Crippen LogP contribution in [0.25, 0.3) is 0 Å². The van der Waals surface area contributed by atoms with Gasteiger partial charge in [0.2, 0.25) is 0 Å². The maximum absolute atomic E-state index is 13.2. The third kappa shape index (κ3) is 5.09. The second kappa shape index (κ2) is 9.79. The standard InChI is InChI=1S/C25H32F3N3O/c1-17-15-18(25(26,27)28)8-9-20(17)24-22-7-3-2-6-21(22)23(10-11-29-24)30-19-5-4-12-31(16-19)13-14-32/h8-10,15,19,30,32H,2-7,11-14,16H2,1H3. The highest BCUT2D eigenvalue weighted by atomic mass is 19.4. The van der Waals surface area contributed by atoms with Crippen LogP contribution in [0.2, 0.25) is 0 Å². The minimum Gasteiger partial charge on any atom is -0.395 e. The van der Waals surface area contributed by atoms with Gasteiger partial charge >= 0.3 is 6.18 Å². The van der Waals surface area contributed by atoms with Crippen LogP contribution < -0.4 is 5.32 Å². The molecule has 0 aromatic heterocycles. The molecule has 1 atom stereocenters. The molecule has 1 aromatic carbocycles. The van der Waals surface area contributed by atoms with Gasteiger partial charge in [-0.3, -0.25) is 9.89 Å². The first kappa shape index (κ1) is 23.1. The lowest BCUT2D eigenvalue weighted by Gasteiger charge is -2.35. The smallest absolute Gasteiger partial charge is 0.395 e. The molecule has 1 aromatic rings. The third-order valence-corrected chi connectivity index (χ3v) is 6.71. The molecular formula is C25H32F3N3O. The van der Waals surface area contributed by atoms with Crippen LogP contribution in [0.5, 0.6) is 0 Å². The molecule has 0 spiro atoms. The molecule has 1 unspecified atom stereocenters. The summed E-state index contributed by atoms with van der Waals surface area (Å²) in [7, 11) is 0. The van der Waals surface area contributed by atoms with E-state index in [0.29, 0.717) is 24.7 Å². The quantitative estimate of drug-likeness (QED) is 0.693. The van der Waals surface area contributed by atoms with Gasteiger partial charge in [0.25, 0.3) is 0 Å². The van der Waals surface area contributed by atoms with E-state index in [1.807, 2.05) is 0 Å². The predicted molar refractivity (Wildman–Crippen MR) is 121 cm³/mol. The number of hydrogen-bond donors (Lipinski definition) is 2. The number of aliphatic hydroxyl groups excluding tert-OH is 1.